The molecule has 5 heterocycles. The molecule has 0 saturated heterocycles. The number of nitrogens with one attached hydrogen (secondary N) is 4. The van der Waals surface area contributed by atoms with Gasteiger partial charge in [-0.3, -0.25) is 0 Å². The molecule has 0 aliphatic carbocycles. The molecule has 4 aromatic heterocycles. The van der Waals surface area contributed by atoms with Crippen molar-refractivity contribution in [2.45, 2.75) is 0 Å². The van der Waals surface area contributed by atoms with Gasteiger partial charge in [0.15, 0.2) is 0 Å². The highest BCUT2D eigenvalue weighted by molar-refractivity contribution is 7.15. The maximum atomic E-state index is 11.7. The molecule has 1 aliphatic rings. The summed E-state index contributed by atoms with van der Waals surface area (Å²) in [5.41, 5.74) is 8.70. The Bertz CT molecular complexity index is 1710. The van der Waals surface area contributed by atoms with E-state index in [-0.39, 0.29) is 5.69 Å². The van der Waals surface area contributed by atoms with E-state index in [9.17, 15) is 4.79 Å². The summed E-state index contributed by atoms with van der Waals surface area (Å²) in [6.07, 6.45) is 0. The van der Waals surface area contributed by atoms with Gasteiger partial charge in [-0.1, -0.05) is 12.1 Å². The largest absolute Gasteiger partial charge is 0.366 e. The Morgan fingerprint density at radius 3 is 2.35 bits per heavy atom. The van der Waals surface area contributed by atoms with Crippen LogP contribution in [0.4, 0.5) is 11.4 Å². The molecule has 31 heavy (non-hydrogen) atoms. The van der Waals surface area contributed by atoms with Gasteiger partial charge in [-0.2, -0.15) is 0 Å². The number of H-pyrrole nitrogens is 2. The number of aromatic nitrogens is 3. The number of anilines is 2. The van der Waals surface area contributed by atoms with E-state index in [2.05, 4.69) is 74.0 Å². The molecule has 0 fully saturated rings. The van der Waals surface area contributed by atoms with Crippen LogP contribution in [-0.2, 0) is 7.05 Å². The van der Waals surface area contributed by atoms with E-state index in [4.69, 9.17) is 0 Å². The predicted molar refractivity (Wildman–Crippen MR) is 132 cm³/mol. The molecule has 0 saturated carbocycles. The van der Waals surface area contributed by atoms with E-state index < -0.39 is 0 Å². The number of nitrogens with zero attached hydrogens (tertiary/aromatic N) is 1. The van der Waals surface area contributed by atoms with Crippen LogP contribution in [0, 0.1) is 0 Å². The molecule has 1 aliphatic heterocycles. The van der Waals surface area contributed by atoms with Crippen LogP contribution in [0.5, 0.6) is 0 Å². The summed E-state index contributed by atoms with van der Waals surface area (Å²) in [4.78, 5) is 19.9. The summed E-state index contributed by atoms with van der Waals surface area (Å²) in [7, 11) is 2.12. The number of imidazole rings is 1. The van der Waals surface area contributed by atoms with Crippen LogP contribution in [0.2, 0.25) is 0 Å². The minimum absolute atomic E-state index is 0.165. The van der Waals surface area contributed by atoms with Gasteiger partial charge >= 0.3 is 5.69 Å². The van der Waals surface area contributed by atoms with Crippen molar-refractivity contribution in [2.24, 2.45) is 7.05 Å². The Balaban J connectivity index is 1.47. The van der Waals surface area contributed by atoms with Crippen molar-refractivity contribution in [1.29, 1.82) is 0 Å². The zero-order chi connectivity index (χ0) is 20.7. The van der Waals surface area contributed by atoms with Gasteiger partial charge in [0.05, 0.1) is 38.8 Å². The Kier molecular flexibility index (Phi) is 3.35. The number of hydrogen-bond acceptors (Lipinski definition) is 5. The van der Waals surface area contributed by atoms with Gasteiger partial charge < -0.3 is 25.2 Å². The Morgan fingerprint density at radius 1 is 0.871 bits per heavy atom. The quantitative estimate of drug-likeness (QED) is 0.275. The third-order valence-electron chi connectivity index (χ3n) is 6.14. The number of rotatable bonds is 2. The smallest absolute Gasteiger partial charge is 0.323 e. The fraction of sp³-hybridized carbons (Fsp3) is 0.0870. The first-order valence-electron chi connectivity index (χ1n) is 9.99. The van der Waals surface area contributed by atoms with Gasteiger partial charge in [-0.15, -0.1) is 22.7 Å². The summed E-state index contributed by atoms with van der Waals surface area (Å²) >= 11 is 3.41. The van der Waals surface area contributed by atoms with Gasteiger partial charge in [0.25, 0.3) is 0 Å². The van der Waals surface area contributed by atoms with Crippen molar-refractivity contribution in [3.05, 3.63) is 57.6 Å². The van der Waals surface area contributed by atoms with E-state index in [1.807, 2.05) is 5.38 Å². The standard InChI is InChI=1S/C23H17N5OS2/c1-28-17-4-2-11(21-19-15(8-30-21)24-10-25-19)6-13(17)14-7-12(3-5-18(14)28)22-20-16(9-31-22)26-23(29)27-20/h2-9,24-25H,10H2,1H3,(H2,26,27,29). The number of benzene rings is 2. The maximum absolute atomic E-state index is 11.7. The molecular formula is C23H17N5OS2. The van der Waals surface area contributed by atoms with Crippen LogP contribution in [0.25, 0.3) is 53.7 Å². The molecule has 152 valence electrons. The summed E-state index contributed by atoms with van der Waals surface area (Å²) in [5.74, 6) is 0. The van der Waals surface area contributed by atoms with Crippen molar-refractivity contribution in [3.8, 4) is 20.9 Å². The molecule has 2 aromatic carbocycles. The minimum atomic E-state index is -0.165. The first-order valence-corrected chi connectivity index (χ1v) is 11.7. The molecule has 8 heteroatoms. The first-order chi connectivity index (χ1) is 15.2. The lowest BCUT2D eigenvalue weighted by Crippen LogP contribution is -2.00. The molecule has 0 atom stereocenters. The average molecular weight is 444 g/mol. The van der Waals surface area contributed by atoms with E-state index in [0.29, 0.717) is 0 Å². The zero-order valence-corrected chi connectivity index (χ0v) is 18.1. The summed E-state index contributed by atoms with van der Waals surface area (Å²) in [6.45, 7) is 0.779. The normalized spacial score (nSPS) is 13.2. The number of thiophene rings is 2. The number of aryl methyl sites for hydroxylation is 1. The van der Waals surface area contributed by atoms with Crippen LogP contribution in [-0.4, -0.2) is 21.2 Å². The molecule has 6 aromatic rings. The van der Waals surface area contributed by atoms with Gasteiger partial charge in [0.2, 0.25) is 0 Å². The van der Waals surface area contributed by atoms with Crippen molar-refractivity contribution in [1.82, 2.24) is 14.5 Å². The molecule has 4 N–H and O–H groups in total. The van der Waals surface area contributed by atoms with Crippen molar-refractivity contribution >= 4 is 66.9 Å². The van der Waals surface area contributed by atoms with E-state index in [1.165, 1.54) is 43.6 Å². The molecule has 0 spiro atoms. The summed E-state index contributed by atoms with van der Waals surface area (Å²) in [5, 5.41) is 13.4. The third-order valence-corrected chi connectivity index (χ3v) is 8.20. The summed E-state index contributed by atoms with van der Waals surface area (Å²) < 4.78 is 2.25. The van der Waals surface area contributed by atoms with Gasteiger partial charge in [0, 0.05) is 39.6 Å². The monoisotopic (exact) mass is 443 g/mol. The van der Waals surface area contributed by atoms with Gasteiger partial charge in [-0.25, -0.2) is 4.79 Å². The number of aromatic amines is 2. The lowest BCUT2D eigenvalue weighted by molar-refractivity contribution is 1.01. The van der Waals surface area contributed by atoms with Crippen LogP contribution >= 0.6 is 22.7 Å². The lowest BCUT2D eigenvalue weighted by Gasteiger charge is -2.03. The Hall–Kier alpha value is -3.49. The molecule has 0 radical (unpaired) electrons. The van der Waals surface area contributed by atoms with Gasteiger partial charge in [0.1, 0.15) is 0 Å². The molecule has 0 bridgehead atoms. The maximum Gasteiger partial charge on any atom is 0.323 e. The van der Waals surface area contributed by atoms with Crippen molar-refractivity contribution in [2.75, 3.05) is 17.3 Å². The van der Waals surface area contributed by atoms with Crippen LogP contribution < -0.4 is 16.3 Å². The second kappa shape index (κ2) is 6.03. The van der Waals surface area contributed by atoms with Crippen LogP contribution in [0.1, 0.15) is 0 Å². The second-order valence-corrected chi connectivity index (χ2v) is 9.60. The van der Waals surface area contributed by atoms with E-state index in [1.54, 1.807) is 22.7 Å². The fourth-order valence-corrected chi connectivity index (χ4v) is 6.61. The predicted octanol–water partition coefficient (Wildman–Crippen LogP) is 5.75. The van der Waals surface area contributed by atoms with Crippen molar-refractivity contribution < 1.29 is 0 Å². The molecular weight excluding hydrogens is 426 g/mol. The fourth-order valence-electron chi connectivity index (χ4n) is 4.66. The topological polar surface area (TPSA) is 77.6 Å². The third kappa shape index (κ3) is 2.34. The molecule has 7 rings (SSSR count). The van der Waals surface area contributed by atoms with Crippen molar-refractivity contribution in [3.63, 3.8) is 0 Å². The summed E-state index contributed by atoms with van der Waals surface area (Å²) in [6, 6.07) is 13.3. The Morgan fingerprint density at radius 2 is 1.58 bits per heavy atom. The van der Waals surface area contributed by atoms with E-state index in [0.717, 1.165) is 28.1 Å². The number of hydrogen-bond donors (Lipinski definition) is 4. The van der Waals surface area contributed by atoms with E-state index >= 15 is 0 Å². The van der Waals surface area contributed by atoms with Crippen LogP contribution in [0.15, 0.2) is 52.0 Å². The zero-order valence-electron chi connectivity index (χ0n) is 16.5. The highest BCUT2D eigenvalue weighted by Gasteiger charge is 2.19. The highest BCUT2D eigenvalue weighted by Crippen LogP contribution is 2.44. The molecule has 6 nitrogen and oxygen atoms in total. The highest BCUT2D eigenvalue weighted by atomic mass is 32.1. The first kappa shape index (κ1) is 17.2. The second-order valence-electron chi connectivity index (χ2n) is 7.84. The van der Waals surface area contributed by atoms with Gasteiger partial charge in [-0.05, 0) is 35.4 Å². The number of fused-ring (bicyclic) bond motifs is 5. The minimum Gasteiger partial charge on any atom is -0.366 e. The SMILES string of the molecule is Cn1c2ccc(-c3scc4c3NCN4)cc2c2cc(-c3scc4[nH]c(=O)[nH]c34)ccc21. The average Bonchev–Trinajstić information content (AvgIpc) is 3.55. The lowest BCUT2D eigenvalue weighted by atomic mass is 10.0. The van der Waals surface area contributed by atoms with Crippen LogP contribution in [0.3, 0.4) is 0 Å². The molecule has 0 amide bonds. The molecule has 0 unspecified atom stereocenters. The Labute approximate surface area is 184 Å².